The number of nitrogens with one attached hydrogen (secondary N) is 1. The minimum absolute atomic E-state index is 0.0137. The molecule has 2 atom stereocenters. The van der Waals surface area contributed by atoms with Crippen molar-refractivity contribution >= 4 is 11.9 Å². The molecule has 1 aliphatic heterocycles. The number of carboxylic acid groups (broad SMARTS) is 1. The van der Waals surface area contributed by atoms with E-state index in [1.54, 1.807) is 0 Å². The third-order valence-corrected chi connectivity index (χ3v) is 3.75. The van der Waals surface area contributed by atoms with Gasteiger partial charge in [-0.05, 0) is 37.0 Å². The highest BCUT2D eigenvalue weighted by atomic mass is 19.1. The molecule has 7 heteroatoms. The van der Waals surface area contributed by atoms with Crippen LogP contribution in [0, 0.1) is 5.82 Å². The SMILES string of the molecule is COc1ccc(C(NC(=O)CC2CCCCO2)C(=O)O)cc1F. The minimum Gasteiger partial charge on any atom is -0.494 e. The van der Waals surface area contributed by atoms with E-state index in [0.717, 1.165) is 25.3 Å². The van der Waals surface area contributed by atoms with Gasteiger partial charge in [0.05, 0.1) is 19.6 Å². The van der Waals surface area contributed by atoms with E-state index in [9.17, 15) is 19.1 Å². The standard InChI is InChI=1S/C16H20FNO5/c1-22-13-6-5-10(8-12(13)17)15(16(20)21)18-14(19)9-11-4-2-3-7-23-11/h5-6,8,11,15H,2-4,7,9H2,1H3,(H,18,19)(H,20,21). The Balaban J connectivity index is 2.04. The summed E-state index contributed by atoms with van der Waals surface area (Å²) in [5.74, 6) is -2.35. The fraction of sp³-hybridized carbons (Fsp3) is 0.500. The van der Waals surface area contributed by atoms with Gasteiger partial charge in [-0.25, -0.2) is 9.18 Å². The Kier molecular flexibility index (Phi) is 5.92. The number of ether oxygens (including phenoxy) is 2. The number of hydrogen-bond donors (Lipinski definition) is 2. The second kappa shape index (κ2) is 7.92. The van der Waals surface area contributed by atoms with Gasteiger partial charge in [-0.1, -0.05) is 6.07 Å². The molecule has 0 saturated carbocycles. The Labute approximate surface area is 133 Å². The number of methoxy groups -OCH3 is 1. The van der Waals surface area contributed by atoms with Crippen molar-refractivity contribution < 1.29 is 28.6 Å². The van der Waals surface area contributed by atoms with Crippen LogP contribution in [0.15, 0.2) is 18.2 Å². The summed E-state index contributed by atoms with van der Waals surface area (Å²) in [6, 6.07) is 2.48. The summed E-state index contributed by atoms with van der Waals surface area (Å²) in [6.45, 7) is 0.615. The monoisotopic (exact) mass is 325 g/mol. The van der Waals surface area contributed by atoms with Crippen molar-refractivity contribution in [1.82, 2.24) is 5.32 Å². The van der Waals surface area contributed by atoms with E-state index < -0.39 is 23.7 Å². The van der Waals surface area contributed by atoms with Gasteiger partial charge in [-0.3, -0.25) is 4.79 Å². The van der Waals surface area contributed by atoms with Crippen molar-refractivity contribution in [3.8, 4) is 5.75 Å². The Bertz CT molecular complexity index is 572. The Morgan fingerprint density at radius 2 is 2.26 bits per heavy atom. The predicted molar refractivity (Wildman–Crippen MR) is 79.7 cm³/mol. The lowest BCUT2D eigenvalue weighted by Crippen LogP contribution is -2.36. The summed E-state index contributed by atoms with van der Waals surface area (Å²) in [6.07, 6.45) is 2.65. The van der Waals surface area contributed by atoms with Crippen LogP contribution in [0.2, 0.25) is 0 Å². The molecule has 0 bridgehead atoms. The van der Waals surface area contributed by atoms with Crippen LogP contribution >= 0.6 is 0 Å². The van der Waals surface area contributed by atoms with E-state index in [2.05, 4.69) is 5.32 Å². The number of hydrogen-bond acceptors (Lipinski definition) is 4. The number of carbonyl (C=O) groups is 2. The first-order valence-electron chi connectivity index (χ1n) is 7.48. The van der Waals surface area contributed by atoms with E-state index in [1.165, 1.54) is 19.2 Å². The van der Waals surface area contributed by atoms with E-state index in [1.807, 2.05) is 0 Å². The number of amides is 1. The highest BCUT2D eigenvalue weighted by molar-refractivity contribution is 5.84. The van der Waals surface area contributed by atoms with Crippen LogP contribution in [-0.4, -0.2) is 36.8 Å². The summed E-state index contributed by atoms with van der Waals surface area (Å²) in [4.78, 5) is 23.4. The molecule has 1 fully saturated rings. The molecule has 2 N–H and O–H groups in total. The number of carboxylic acids is 1. The molecule has 1 aliphatic rings. The van der Waals surface area contributed by atoms with Crippen molar-refractivity contribution in [2.75, 3.05) is 13.7 Å². The van der Waals surface area contributed by atoms with Crippen molar-refractivity contribution in [1.29, 1.82) is 0 Å². The zero-order valence-corrected chi connectivity index (χ0v) is 12.9. The fourth-order valence-electron chi connectivity index (χ4n) is 2.54. The molecule has 1 aromatic rings. The van der Waals surface area contributed by atoms with Crippen LogP contribution in [0.5, 0.6) is 5.75 Å². The minimum atomic E-state index is -1.31. The number of benzene rings is 1. The molecule has 1 heterocycles. The van der Waals surface area contributed by atoms with Crippen molar-refractivity contribution in [2.24, 2.45) is 0 Å². The predicted octanol–water partition coefficient (Wildman–Crippen LogP) is 2.04. The summed E-state index contributed by atoms with van der Waals surface area (Å²) < 4.78 is 24.0. The lowest BCUT2D eigenvalue weighted by atomic mass is 10.0. The summed E-state index contributed by atoms with van der Waals surface area (Å²) >= 11 is 0. The topological polar surface area (TPSA) is 84.9 Å². The number of carbonyl (C=O) groups excluding carboxylic acids is 1. The van der Waals surface area contributed by atoms with E-state index in [4.69, 9.17) is 9.47 Å². The van der Waals surface area contributed by atoms with Gasteiger partial charge >= 0.3 is 5.97 Å². The largest absolute Gasteiger partial charge is 0.494 e. The van der Waals surface area contributed by atoms with Gasteiger partial charge in [0.1, 0.15) is 0 Å². The molecule has 0 aliphatic carbocycles. The van der Waals surface area contributed by atoms with Crippen LogP contribution in [0.3, 0.4) is 0 Å². The maximum Gasteiger partial charge on any atom is 0.330 e. The van der Waals surface area contributed by atoms with Crippen LogP contribution in [0.4, 0.5) is 4.39 Å². The van der Waals surface area contributed by atoms with Crippen molar-refractivity contribution in [2.45, 2.75) is 37.8 Å². The quantitative estimate of drug-likeness (QED) is 0.836. The van der Waals surface area contributed by atoms with Crippen molar-refractivity contribution in [3.63, 3.8) is 0 Å². The maximum atomic E-state index is 13.7. The highest BCUT2D eigenvalue weighted by Gasteiger charge is 2.25. The lowest BCUT2D eigenvalue weighted by Gasteiger charge is -2.23. The average molecular weight is 325 g/mol. The first kappa shape index (κ1) is 17.2. The van der Waals surface area contributed by atoms with Gasteiger partial charge in [-0.15, -0.1) is 0 Å². The summed E-state index contributed by atoms with van der Waals surface area (Å²) in [5.41, 5.74) is 0.147. The Morgan fingerprint density at radius 3 is 2.83 bits per heavy atom. The van der Waals surface area contributed by atoms with Gasteiger partial charge in [-0.2, -0.15) is 0 Å². The van der Waals surface area contributed by atoms with Gasteiger partial charge in [0.2, 0.25) is 5.91 Å². The molecule has 1 saturated heterocycles. The Morgan fingerprint density at radius 1 is 1.48 bits per heavy atom. The fourth-order valence-corrected chi connectivity index (χ4v) is 2.54. The van der Waals surface area contributed by atoms with Gasteiger partial charge in [0.25, 0.3) is 0 Å². The second-order valence-corrected chi connectivity index (χ2v) is 5.43. The van der Waals surface area contributed by atoms with Gasteiger partial charge in [0, 0.05) is 6.61 Å². The number of rotatable bonds is 6. The van der Waals surface area contributed by atoms with Gasteiger partial charge < -0.3 is 19.9 Å². The van der Waals surface area contributed by atoms with Crippen LogP contribution < -0.4 is 10.1 Å². The smallest absolute Gasteiger partial charge is 0.330 e. The molecule has 23 heavy (non-hydrogen) atoms. The third kappa shape index (κ3) is 4.66. The molecule has 0 spiro atoms. The lowest BCUT2D eigenvalue weighted by molar-refractivity contribution is -0.142. The molecule has 126 valence electrons. The summed E-state index contributed by atoms with van der Waals surface area (Å²) in [5, 5.41) is 11.7. The molecule has 2 unspecified atom stereocenters. The van der Waals surface area contributed by atoms with Gasteiger partial charge in [0.15, 0.2) is 17.6 Å². The molecular formula is C16H20FNO5. The molecule has 1 aromatic carbocycles. The average Bonchev–Trinajstić information content (AvgIpc) is 2.53. The molecule has 6 nitrogen and oxygen atoms in total. The number of aliphatic carboxylic acids is 1. The Hall–Kier alpha value is -2.15. The molecule has 2 rings (SSSR count). The van der Waals surface area contributed by atoms with E-state index >= 15 is 0 Å². The normalized spacial score (nSPS) is 19.0. The molecule has 0 aromatic heterocycles. The number of halogens is 1. The molecular weight excluding hydrogens is 305 g/mol. The van der Waals surface area contributed by atoms with E-state index in [-0.39, 0.29) is 23.8 Å². The second-order valence-electron chi connectivity index (χ2n) is 5.43. The van der Waals surface area contributed by atoms with Crippen LogP contribution in [0.25, 0.3) is 0 Å². The maximum absolute atomic E-state index is 13.7. The zero-order valence-electron chi connectivity index (χ0n) is 12.9. The summed E-state index contributed by atoms with van der Waals surface area (Å²) in [7, 11) is 1.32. The van der Waals surface area contributed by atoms with E-state index in [0.29, 0.717) is 6.61 Å². The van der Waals surface area contributed by atoms with Crippen LogP contribution in [0.1, 0.15) is 37.3 Å². The first-order valence-corrected chi connectivity index (χ1v) is 7.48. The third-order valence-electron chi connectivity index (χ3n) is 3.75. The molecule has 0 radical (unpaired) electrons. The highest BCUT2D eigenvalue weighted by Crippen LogP contribution is 2.23. The molecule has 1 amide bonds. The zero-order chi connectivity index (χ0) is 16.8. The first-order chi connectivity index (χ1) is 11.0. The van der Waals surface area contributed by atoms with Crippen molar-refractivity contribution in [3.05, 3.63) is 29.6 Å². The van der Waals surface area contributed by atoms with Crippen LogP contribution in [-0.2, 0) is 14.3 Å².